The normalized spacial score (nSPS) is 11.8. The van der Waals surface area contributed by atoms with Crippen molar-refractivity contribution in [2.75, 3.05) is 13.6 Å². The molecule has 0 aliphatic carbocycles. The fourth-order valence-electron chi connectivity index (χ4n) is 1.78. The number of hydrogen-bond donors (Lipinski definition) is 0. The molecule has 1 heterocycles. The second kappa shape index (κ2) is 6.35. The average Bonchev–Trinajstić information content (AvgIpc) is 2.46. The summed E-state index contributed by atoms with van der Waals surface area (Å²) in [6.45, 7) is 0.386. The molecule has 4 nitrogen and oxygen atoms in total. The van der Waals surface area contributed by atoms with Crippen LogP contribution >= 0.6 is 11.6 Å². The molecule has 2 rings (SSSR count). The predicted molar refractivity (Wildman–Crippen MR) is 79.2 cm³/mol. The second-order valence-corrected chi connectivity index (χ2v) is 6.73. The first-order chi connectivity index (χ1) is 9.51. The van der Waals surface area contributed by atoms with Crippen molar-refractivity contribution in [3.63, 3.8) is 0 Å². The van der Waals surface area contributed by atoms with Gasteiger partial charge in [0.2, 0.25) is 10.0 Å². The lowest BCUT2D eigenvalue weighted by atomic mass is 10.2. The third-order valence-corrected chi connectivity index (χ3v) is 5.27. The zero-order valence-corrected chi connectivity index (χ0v) is 12.6. The Bertz CT molecular complexity index is 675. The lowest BCUT2D eigenvalue weighted by molar-refractivity contribution is 0.472. The molecule has 0 fully saturated rings. The number of halogens is 1. The van der Waals surface area contributed by atoms with E-state index in [1.54, 1.807) is 13.1 Å². The van der Waals surface area contributed by atoms with Crippen molar-refractivity contribution in [2.24, 2.45) is 0 Å². The van der Waals surface area contributed by atoms with Crippen LogP contribution in [0.15, 0.2) is 53.6 Å². The topological polar surface area (TPSA) is 50.3 Å². The van der Waals surface area contributed by atoms with Gasteiger partial charge in [-0.2, -0.15) is 0 Å². The zero-order chi connectivity index (χ0) is 14.6. The molecular weight excluding hydrogens is 296 g/mol. The predicted octanol–water partition coefficient (Wildman–Crippen LogP) is 2.60. The number of sulfonamides is 1. The van der Waals surface area contributed by atoms with E-state index in [4.69, 9.17) is 11.6 Å². The minimum Gasteiger partial charge on any atom is -0.243 e. The van der Waals surface area contributed by atoms with Gasteiger partial charge in [-0.05, 0) is 24.1 Å². The molecule has 1 aromatic heterocycles. The zero-order valence-electron chi connectivity index (χ0n) is 11.0. The number of pyridine rings is 1. The van der Waals surface area contributed by atoms with Crippen LogP contribution < -0.4 is 0 Å². The van der Waals surface area contributed by atoms with Crippen molar-refractivity contribution >= 4 is 21.6 Å². The van der Waals surface area contributed by atoms with Crippen LogP contribution in [0.3, 0.4) is 0 Å². The lowest BCUT2D eigenvalue weighted by Gasteiger charge is -2.17. The molecule has 0 radical (unpaired) electrons. The monoisotopic (exact) mass is 310 g/mol. The highest BCUT2D eigenvalue weighted by Crippen LogP contribution is 2.21. The first-order valence-corrected chi connectivity index (χ1v) is 7.94. The van der Waals surface area contributed by atoms with E-state index < -0.39 is 10.0 Å². The third kappa shape index (κ3) is 3.36. The minimum absolute atomic E-state index is 0.000869. The molecule has 0 aliphatic rings. The first kappa shape index (κ1) is 15.0. The quantitative estimate of drug-likeness (QED) is 0.798. The molecule has 0 unspecified atom stereocenters. The van der Waals surface area contributed by atoms with Gasteiger partial charge in [0.1, 0.15) is 10.0 Å². The highest BCUT2D eigenvalue weighted by molar-refractivity contribution is 7.89. The fourth-order valence-corrected chi connectivity index (χ4v) is 3.38. The Morgan fingerprint density at radius 3 is 2.50 bits per heavy atom. The highest BCUT2D eigenvalue weighted by Gasteiger charge is 2.23. The van der Waals surface area contributed by atoms with Gasteiger partial charge in [0.25, 0.3) is 0 Å². The lowest BCUT2D eigenvalue weighted by Crippen LogP contribution is -2.29. The fraction of sp³-hybridized carbons (Fsp3) is 0.214. The van der Waals surface area contributed by atoms with Gasteiger partial charge in [-0.15, -0.1) is 0 Å². The molecule has 0 amide bonds. The molecule has 0 bridgehead atoms. The Hall–Kier alpha value is -1.43. The summed E-state index contributed by atoms with van der Waals surface area (Å²) in [6.07, 6.45) is 2.11. The van der Waals surface area contributed by atoms with Crippen LogP contribution in [0.5, 0.6) is 0 Å². The van der Waals surface area contributed by atoms with Gasteiger partial charge in [0, 0.05) is 19.8 Å². The number of nitrogens with zero attached hydrogens (tertiary/aromatic N) is 2. The molecule has 0 atom stereocenters. The van der Waals surface area contributed by atoms with E-state index in [-0.39, 0.29) is 10.0 Å². The van der Waals surface area contributed by atoms with Gasteiger partial charge in [0.05, 0.1) is 0 Å². The smallest absolute Gasteiger partial charge is 0.243 e. The maximum atomic E-state index is 12.4. The van der Waals surface area contributed by atoms with Crippen LogP contribution in [0, 0.1) is 0 Å². The van der Waals surface area contributed by atoms with Crippen LogP contribution in [-0.2, 0) is 16.4 Å². The van der Waals surface area contributed by atoms with Crippen molar-refractivity contribution in [1.29, 1.82) is 0 Å². The Kier molecular flexibility index (Phi) is 4.75. The standard InChI is InChI=1S/C14H15ClN2O2S/c1-17(11-9-12-6-3-2-4-7-12)20(18,19)13-8-5-10-16-14(13)15/h2-8,10H,9,11H2,1H3. The molecule has 0 aliphatic heterocycles. The average molecular weight is 311 g/mol. The van der Waals surface area contributed by atoms with Crippen LogP contribution in [0.2, 0.25) is 5.15 Å². The number of rotatable bonds is 5. The summed E-state index contributed by atoms with van der Waals surface area (Å²) in [5.74, 6) is 0. The summed E-state index contributed by atoms with van der Waals surface area (Å²) in [7, 11) is -2.06. The van der Waals surface area contributed by atoms with E-state index in [1.165, 1.54) is 16.6 Å². The van der Waals surface area contributed by atoms with E-state index >= 15 is 0 Å². The van der Waals surface area contributed by atoms with E-state index in [0.29, 0.717) is 13.0 Å². The van der Waals surface area contributed by atoms with Crippen LogP contribution in [0.1, 0.15) is 5.56 Å². The van der Waals surface area contributed by atoms with E-state index in [2.05, 4.69) is 4.98 Å². The van der Waals surface area contributed by atoms with E-state index in [1.807, 2.05) is 30.3 Å². The second-order valence-electron chi connectivity index (χ2n) is 4.35. The molecule has 106 valence electrons. The Labute approximate surface area is 124 Å². The summed E-state index contributed by atoms with van der Waals surface area (Å²) >= 11 is 5.85. The molecule has 0 saturated carbocycles. The summed E-state index contributed by atoms with van der Waals surface area (Å²) in [5, 5.41) is -0.000869. The maximum Gasteiger partial charge on any atom is 0.245 e. The van der Waals surface area contributed by atoms with Crippen molar-refractivity contribution in [3.8, 4) is 0 Å². The molecule has 0 spiro atoms. The molecule has 0 saturated heterocycles. The van der Waals surface area contributed by atoms with Gasteiger partial charge in [-0.3, -0.25) is 0 Å². The maximum absolute atomic E-state index is 12.4. The van der Waals surface area contributed by atoms with Crippen molar-refractivity contribution in [1.82, 2.24) is 9.29 Å². The summed E-state index contributed by atoms with van der Waals surface area (Å²) in [6, 6.07) is 12.8. The molecule has 6 heteroatoms. The van der Waals surface area contributed by atoms with E-state index in [0.717, 1.165) is 5.56 Å². The molecule has 1 aromatic carbocycles. The highest BCUT2D eigenvalue weighted by atomic mass is 35.5. The number of hydrogen-bond acceptors (Lipinski definition) is 3. The molecule has 0 N–H and O–H groups in total. The SMILES string of the molecule is CN(CCc1ccccc1)S(=O)(=O)c1cccnc1Cl. The number of benzene rings is 1. The Morgan fingerprint density at radius 1 is 1.15 bits per heavy atom. The molecule has 2 aromatic rings. The largest absolute Gasteiger partial charge is 0.245 e. The van der Waals surface area contributed by atoms with Crippen molar-refractivity contribution in [2.45, 2.75) is 11.3 Å². The molecule has 20 heavy (non-hydrogen) atoms. The van der Waals surface area contributed by atoms with E-state index in [9.17, 15) is 8.42 Å². The summed E-state index contributed by atoms with van der Waals surface area (Å²) in [4.78, 5) is 3.84. The van der Waals surface area contributed by atoms with Crippen molar-refractivity contribution in [3.05, 3.63) is 59.4 Å². The summed E-state index contributed by atoms with van der Waals surface area (Å²) in [5.41, 5.74) is 1.09. The van der Waals surface area contributed by atoms with Gasteiger partial charge in [-0.1, -0.05) is 41.9 Å². The Morgan fingerprint density at radius 2 is 1.85 bits per heavy atom. The van der Waals surface area contributed by atoms with Crippen molar-refractivity contribution < 1.29 is 8.42 Å². The minimum atomic E-state index is -3.60. The van der Waals surface area contributed by atoms with Gasteiger partial charge in [0.15, 0.2) is 0 Å². The third-order valence-electron chi connectivity index (χ3n) is 2.97. The number of aromatic nitrogens is 1. The summed E-state index contributed by atoms with van der Waals surface area (Å²) < 4.78 is 26.0. The van der Waals surface area contributed by atoms with Crippen LogP contribution in [0.25, 0.3) is 0 Å². The van der Waals surface area contributed by atoms with Gasteiger partial charge in [-0.25, -0.2) is 17.7 Å². The van der Waals surface area contributed by atoms with Gasteiger partial charge < -0.3 is 0 Å². The Balaban J connectivity index is 2.12. The number of likely N-dealkylation sites (N-methyl/N-ethyl adjacent to an activating group) is 1. The van der Waals surface area contributed by atoms with Crippen LogP contribution in [0.4, 0.5) is 0 Å². The first-order valence-electron chi connectivity index (χ1n) is 6.12. The molecular formula is C14H15ClN2O2S. The van der Waals surface area contributed by atoms with Crippen LogP contribution in [-0.4, -0.2) is 31.3 Å². The van der Waals surface area contributed by atoms with Gasteiger partial charge >= 0.3 is 0 Å².